The van der Waals surface area contributed by atoms with E-state index in [9.17, 15) is 0 Å². The lowest BCUT2D eigenvalue weighted by Crippen LogP contribution is -2.53. The molecule has 30 heavy (non-hydrogen) atoms. The molecular weight excluding hydrogens is 366 g/mol. The molecule has 1 aliphatic heterocycles. The molecule has 0 aliphatic carbocycles. The lowest BCUT2D eigenvalue weighted by Gasteiger charge is -2.42. The molecule has 4 rings (SSSR count). The Bertz CT molecular complexity index is 848. The van der Waals surface area contributed by atoms with Crippen LogP contribution in [0.25, 0.3) is 0 Å². The zero-order chi connectivity index (χ0) is 20.9. The third-order valence-corrected chi connectivity index (χ3v) is 5.67. The molecule has 3 heteroatoms. The van der Waals surface area contributed by atoms with E-state index in [1.807, 2.05) is 0 Å². The largest absolute Gasteiger partial charge is 0.273 e. The zero-order valence-electron chi connectivity index (χ0n) is 18.5. The first-order valence-electron chi connectivity index (χ1n) is 10.9. The highest BCUT2D eigenvalue weighted by molar-refractivity contribution is 5.24. The van der Waals surface area contributed by atoms with Crippen molar-refractivity contribution in [1.82, 2.24) is 14.7 Å². The van der Waals surface area contributed by atoms with Gasteiger partial charge >= 0.3 is 0 Å². The fourth-order valence-corrected chi connectivity index (χ4v) is 4.49. The van der Waals surface area contributed by atoms with Crippen LogP contribution in [0.4, 0.5) is 0 Å². The van der Waals surface area contributed by atoms with Gasteiger partial charge in [0.2, 0.25) is 0 Å². The molecule has 0 N–H and O–H groups in total. The molecule has 3 aromatic carbocycles. The molecule has 3 nitrogen and oxygen atoms in total. The van der Waals surface area contributed by atoms with E-state index < -0.39 is 0 Å². The molecule has 1 heterocycles. The van der Waals surface area contributed by atoms with E-state index in [-0.39, 0.29) is 0 Å². The van der Waals surface area contributed by atoms with Crippen LogP contribution >= 0.6 is 0 Å². The van der Waals surface area contributed by atoms with E-state index >= 15 is 0 Å². The number of hydrogen-bond acceptors (Lipinski definition) is 3. The summed E-state index contributed by atoms with van der Waals surface area (Å²) >= 11 is 0. The van der Waals surface area contributed by atoms with Crippen molar-refractivity contribution in [2.45, 2.75) is 40.4 Å². The molecular formula is C27H33N3. The SMILES string of the molecule is Cc1cccc(CN2CN(Cc3cccc(C)c3)CN(Cc3cccc(C)c3)C2)c1. The monoisotopic (exact) mass is 399 g/mol. The molecule has 0 atom stereocenters. The first-order chi connectivity index (χ1) is 14.5. The number of aryl methyl sites for hydroxylation is 3. The van der Waals surface area contributed by atoms with Crippen molar-refractivity contribution in [2.24, 2.45) is 0 Å². The summed E-state index contributed by atoms with van der Waals surface area (Å²) in [7, 11) is 0. The lowest BCUT2D eigenvalue weighted by molar-refractivity contribution is -0.0422. The van der Waals surface area contributed by atoms with Crippen LogP contribution in [-0.2, 0) is 19.6 Å². The Morgan fingerprint density at radius 3 is 1.07 bits per heavy atom. The van der Waals surface area contributed by atoms with Gasteiger partial charge in [0.1, 0.15) is 0 Å². The summed E-state index contributed by atoms with van der Waals surface area (Å²) in [4.78, 5) is 7.68. The van der Waals surface area contributed by atoms with Crippen LogP contribution in [0.15, 0.2) is 72.8 Å². The zero-order valence-corrected chi connectivity index (χ0v) is 18.5. The van der Waals surface area contributed by atoms with Gasteiger partial charge in [-0.15, -0.1) is 0 Å². The van der Waals surface area contributed by atoms with Gasteiger partial charge in [0.15, 0.2) is 0 Å². The molecule has 0 aromatic heterocycles. The van der Waals surface area contributed by atoms with Gasteiger partial charge in [-0.2, -0.15) is 0 Å². The van der Waals surface area contributed by atoms with E-state index in [0.717, 1.165) is 39.6 Å². The van der Waals surface area contributed by atoms with Crippen LogP contribution in [0.1, 0.15) is 33.4 Å². The van der Waals surface area contributed by atoms with Crippen molar-refractivity contribution in [3.05, 3.63) is 106 Å². The second-order valence-electron chi connectivity index (χ2n) is 8.88. The van der Waals surface area contributed by atoms with Crippen LogP contribution < -0.4 is 0 Å². The minimum atomic E-state index is 0.982. The summed E-state index contributed by atoms with van der Waals surface area (Å²) in [5, 5.41) is 0. The first-order valence-corrected chi connectivity index (χ1v) is 10.9. The number of benzene rings is 3. The topological polar surface area (TPSA) is 9.72 Å². The molecule has 1 saturated heterocycles. The minimum Gasteiger partial charge on any atom is -0.273 e. The number of nitrogens with zero attached hydrogens (tertiary/aromatic N) is 3. The Hall–Kier alpha value is -2.46. The van der Waals surface area contributed by atoms with Gasteiger partial charge in [-0.25, -0.2) is 0 Å². The molecule has 1 aliphatic rings. The van der Waals surface area contributed by atoms with Crippen molar-refractivity contribution >= 4 is 0 Å². The molecule has 1 fully saturated rings. The van der Waals surface area contributed by atoms with Gasteiger partial charge in [-0.3, -0.25) is 14.7 Å². The highest BCUT2D eigenvalue weighted by atomic mass is 15.5. The van der Waals surface area contributed by atoms with Crippen LogP contribution in [0.2, 0.25) is 0 Å². The van der Waals surface area contributed by atoms with Gasteiger partial charge in [0, 0.05) is 19.6 Å². The summed E-state index contributed by atoms with van der Waals surface area (Å²) in [6.45, 7) is 12.4. The lowest BCUT2D eigenvalue weighted by atomic mass is 10.1. The summed E-state index contributed by atoms with van der Waals surface area (Å²) in [6, 6.07) is 26.7. The highest BCUT2D eigenvalue weighted by Crippen LogP contribution is 2.18. The molecule has 3 aromatic rings. The van der Waals surface area contributed by atoms with Gasteiger partial charge in [-0.05, 0) is 37.5 Å². The third kappa shape index (κ3) is 5.79. The maximum Gasteiger partial charge on any atom is 0.0537 e. The van der Waals surface area contributed by atoms with Gasteiger partial charge in [0.25, 0.3) is 0 Å². The predicted octanol–water partition coefficient (Wildman–Crippen LogP) is 5.30. The molecule has 0 amide bonds. The Morgan fingerprint density at radius 2 is 0.800 bits per heavy atom. The smallest absolute Gasteiger partial charge is 0.0537 e. The quantitative estimate of drug-likeness (QED) is 0.557. The van der Waals surface area contributed by atoms with Crippen LogP contribution in [0.5, 0.6) is 0 Å². The van der Waals surface area contributed by atoms with Crippen molar-refractivity contribution < 1.29 is 0 Å². The van der Waals surface area contributed by atoms with E-state index in [4.69, 9.17) is 0 Å². The maximum atomic E-state index is 2.56. The fourth-order valence-electron chi connectivity index (χ4n) is 4.49. The molecule has 0 spiro atoms. The maximum absolute atomic E-state index is 2.56. The van der Waals surface area contributed by atoms with Crippen LogP contribution in [0.3, 0.4) is 0 Å². The molecule has 0 saturated carbocycles. The van der Waals surface area contributed by atoms with E-state index in [2.05, 4.69) is 108 Å². The molecule has 156 valence electrons. The van der Waals surface area contributed by atoms with Crippen molar-refractivity contribution in [2.75, 3.05) is 20.0 Å². The van der Waals surface area contributed by atoms with E-state index in [1.54, 1.807) is 0 Å². The Morgan fingerprint density at radius 1 is 0.500 bits per heavy atom. The Labute approximate surface area is 181 Å². The van der Waals surface area contributed by atoms with E-state index in [1.165, 1.54) is 33.4 Å². The number of rotatable bonds is 6. The van der Waals surface area contributed by atoms with Crippen LogP contribution in [-0.4, -0.2) is 34.7 Å². The normalized spacial score (nSPS) is 16.1. The van der Waals surface area contributed by atoms with Gasteiger partial charge in [0.05, 0.1) is 20.0 Å². The van der Waals surface area contributed by atoms with Gasteiger partial charge in [-0.1, -0.05) is 89.5 Å². The average Bonchev–Trinajstić information content (AvgIpc) is 2.68. The molecule has 0 bridgehead atoms. The summed E-state index contributed by atoms with van der Waals surface area (Å²) in [5.41, 5.74) is 8.17. The third-order valence-electron chi connectivity index (χ3n) is 5.67. The second kappa shape index (κ2) is 9.57. The van der Waals surface area contributed by atoms with E-state index in [0.29, 0.717) is 0 Å². The summed E-state index contributed by atoms with van der Waals surface area (Å²) in [6.07, 6.45) is 0. The Kier molecular flexibility index (Phi) is 6.63. The average molecular weight is 400 g/mol. The summed E-state index contributed by atoms with van der Waals surface area (Å²) in [5.74, 6) is 0. The van der Waals surface area contributed by atoms with Crippen molar-refractivity contribution in [3.8, 4) is 0 Å². The minimum absolute atomic E-state index is 0.982. The second-order valence-corrected chi connectivity index (χ2v) is 8.88. The van der Waals surface area contributed by atoms with Gasteiger partial charge < -0.3 is 0 Å². The van der Waals surface area contributed by atoms with Crippen LogP contribution in [0, 0.1) is 20.8 Å². The Balaban J connectivity index is 1.50. The molecule has 0 unspecified atom stereocenters. The van der Waals surface area contributed by atoms with Crippen molar-refractivity contribution in [1.29, 1.82) is 0 Å². The predicted molar refractivity (Wildman–Crippen MR) is 125 cm³/mol. The number of hydrogen-bond donors (Lipinski definition) is 0. The van der Waals surface area contributed by atoms with Crippen molar-refractivity contribution in [3.63, 3.8) is 0 Å². The highest BCUT2D eigenvalue weighted by Gasteiger charge is 2.24. The molecule has 0 radical (unpaired) electrons. The standard InChI is InChI=1S/C27H33N3/c1-22-7-4-10-25(13-22)16-28-19-29(17-26-11-5-8-23(2)14-26)21-30(20-28)18-27-12-6-9-24(3)15-27/h4-15H,16-21H2,1-3H3. The summed E-state index contributed by atoms with van der Waals surface area (Å²) < 4.78 is 0. The fraction of sp³-hybridized carbons (Fsp3) is 0.333. The first kappa shape index (κ1) is 20.8.